The number of hydrogen-bond donors (Lipinski definition) is 2. The van der Waals surface area contributed by atoms with Gasteiger partial charge in [-0.3, -0.25) is 9.59 Å². The second-order valence-corrected chi connectivity index (χ2v) is 9.96. The second kappa shape index (κ2) is 12.5. The Kier molecular flexibility index (Phi) is 8.86. The Bertz CT molecular complexity index is 1350. The maximum atomic E-state index is 13.4. The molecule has 3 aromatic rings. The molecule has 1 heterocycles. The summed E-state index contributed by atoms with van der Waals surface area (Å²) in [5, 5.41) is 5.74. The van der Waals surface area contributed by atoms with Gasteiger partial charge in [0.15, 0.2) is 11.5 Å². The number of hydrogen-bond acceptors (Lipinski definition) is 6. The number of nitrogens with one attached hydrogen (secondary N) is 2. The van der Waals surface area contributed by atoms with Crippen LogP contribution in [0.25, 0.3) is 11.1 Å². The Morgan fingerprint density at radius 3 is 2.38 bits per heavy atom. The van der Waals surface area contributed by atoms with Gasteiger partial charge in [-0.2, -0.15) is 0 Å². The molecule has 0 fully saturated rings. The molecule has 39 heavy (non-hydrogen) atoms. The summed E-state index contributed by atoms with van der Waals surface area (Å²) in [7, 11) is 1.30. The first-order valence-electron chi connectivity index (χ1n) is 13.0. The molecule has 0 saturated heterocycles. The van der Waals surface area contributed by atoms with Crippen LogP contribution in [0, 0.1) is 12.8 Å². The van der Waals surface area contributed by atoms with Crippen LogP contribution in [0.5, 0.6) is 11.5 Å². The molecule has 0 unspecified atom stereocenters. The lowest BCUT2D eigenvalue weighted by Crippen LogP contribution is -2.42. The van der Waals surface area contributed by atoms with E-state index in [4.69, 9.17) is 14.2 Å². The summed E-state index contributed by atoms with van der Waals surface area (Å²) in [6.07, 6.45) is 0.108. The van der Waals surface area contributed by atoms with Crippen LogP contribution in [0.15, 0.2) is 66.7 Å². The van der Waals surface area contributed by atoms with Gasteiger partial charge in [0.2, 0.25) is 0 Å². The van der Waals surface area contributed by atoms with E-state index >= 15 is 0 Å². The Hall–Kier alpha value is -4.33. The predicted molar refractivity (Wildman–Crippen MR) is 148 cm³/mol. The largest absolute Gasteiger partial charge is 0.486 e. The molecule has 2 amide bonds. The maximum absolute atomic E-state index is 13.4. The van der Waals surface area contributed by atoms with Gasteiger partial charge in [-0.15, -0.1) is 0 Å². The van der Waals surface area contributed by atoms with Gasteiger partial charge in [0.25, 0.3) is 11.8 Å². The SMILES string of the molecule is COC(=O)[C@H](CC(C)C)NC(=O)c1ccc(C(=O)NC[C@H]2COc3ccccc3O2)cc1-c1ccccc1C. The number of ether oxygens (including phenoxy) is 3. The van der Waals surface area contributed by atoms with Crippen LogP contribution in [0.3, 0.4) is 0 Å². The molecule has 204 valence electrons. The minimum atomic E-state index is -0.780. The van der Waals surface area contributed by atoms with Gasteiger partial charge in [0, 0.05) is 11.1 Å². The molecule has 2 atom stereocenters. The van der Waals surface area contributed by atoms with Crippen molar-refractivity contribution in [1.29, 1.82) is 0 Å². The number of carbonyl (C=O) groups excluding carboxylic acids is 3. The minimum absolute atomic E-state index is 0.170. The topological polar surface area (TPSA) is 103 Å². The number of methoxy groups -OCH3 is 1. The van der Waals surface area contributed by atoms with E-state index in [1.54, 1.807) is 18.2 Å². The zero-order chi connectivity index (χ0) is 27.9. The second-order valence-electron chi connectivity index (χ2n) is 9.96. The molecule has 0 bridgehead atoms. The first-order valence-corrected chi connectivity index (χ1v) is 13.0. The highest BCUT2D eigenvalue weighted by atomic mass is 16.6. The Balaban J connectivity index is 1.56. The zero-order valence-electron chi connectivity index (χ0n) is 22.7. The van der Waals surface area contributed by atoms with Crippen molar-refractivity contribution in [3.05, 3.63) is 83.4 Å². The Morgan fingerprint density at radius 2 is 1.67 bits per heavy atom. The normalized spacial score (nSPS) is 14.8. The van der Waals surface area contributed by atoms with Crippen LogP contribution in [0.1, 0.15) is 46.5 Å². The lowest BCUT2D eigenvalue weighted by atomic mass is 9.93. The van der Waals surface area contributed by atoms with Crippen molar-refractivity contribution >= 4 is 17.8 Å². The third kappa shape index (κ3) is 6.76. The molecule has 0 aliphatic carbocycles. The Labute approximate surface area is 228 Å². The minimum Gasteiger partial charge on any atom is -0.486 e. The van der Waals surface area contributed by atoms with E-state index in [-0.39, 0.29) is 24.5 Å². The first-order chi connectivity index (χ1) is 18.8. The molecule has 0 spiro atoms. The molecule has 3 aromatic carbocycles. The van der Waals surface area contributed by atoms with Crippen molar-refractivity contribution in [1.82, 2.24) is 10.6 Å². The van der Waals surface area contributed by atoms with Gasteiger partial charge < -0.3 is 24.8 Å². The molecule has 1 aliphatic heterocycles. The van der Waals surface area contributed by atoms with E-state index in [1.165, 1.54) is 7.11 Å². The van der Waals surface area contributed by atoms with Gasteiger partial charge in [-0.25, -0.2) is 4.79 Å². The quantitative estimate of drug-likeness (QED) is 0.394. The van der Waals surface area contributed by atoms with Crippen LogP contribution < -0.4 is 20.1 Å². The van der Waals surface area contributed by atoms with Crippen LogP contribution >= 0.6 is 0 Å². The van der Waals surface area contributed by atoms with Crippen molar-refractivity contribution in [3.8, 4) is 22.6 Å². The number of esters is 1. The van der Waals surface area contributed by atoms with E-state index in [2.05, 4.69) is 10.6 Å². The average molecular weight is 531 g/mol. The van der Waals surface area contributed by atoms with Crippen molar-refractivity contribution in [2.24, 2.45) is 5.92 Å². The summed E-state index contributed by atoms with van der Waals surface area (Å²) < 4.78 is 16.6. The lowest BCUT2D eigenvalue weighted by Gasteiger charge is -2.26. The highest BCUT2D eigenvalue weighted by molar-refractivity contribution is 6.05. The summed E-state index contributed by atoms with van der Waals surface area (Å²) in [5.74, 6) is 0.280. The third-order valence-electron chi connectivity index (χ3n) is 6.52. The number of rotatable bonds is 9. The Morgan fingerprint density at radius 1 is 0.949 bits per heavy atom. The number of para-hydroxylation sites is 2. The number of carbonyl (C=O) groups is 3. The molecule has 4 rings (SSSR count). The van der Waals surface area contributed by atoms with E-state index in [0.717, 1.165) is 11.1 Å². The van der Waals surface area contributed by atoms with Gasteiger partial charge in [-0.1, -0.05) is 50.2 Å². The fourth-order valence-electron chi connectivity index (χ4n) is 4.52. The van der Waals surface area contributed by atoms with E-state index < -0.39 is 17.9 Å². The van der Waals surface area contributed by atoms with Crippen molar-refractivity contribution in [2.45, 2.75) is 39.3 Å². The maximum Gasteiger partial charge on any atom is 0.328 e. The lowest BCUT2D eigenvalue weighted by molar-refractivity contribution is -0.143. The van der Waals surface area contributed by atoms with Crippen molar-refractivity contribution in [3.63, 3.8) is 0 Å². The molecule has 8 heteroatoms. The number of benzene rings is 3. The highest BCUT2D eigenvalue weighted by Gasteiger charge is 2.26. The van der Waals surface area contributed by atoms with Gasteiger partial charge >= 0.3 is 5.97 Å². The molecule has 0 radical (unpaired) electrons. The fraction of sp³-hybridized carbons (Fsp3) is 0.323. The summed E-state index contributed by atoms with van der Waals surface area (Å²) in [6.45, 7) is 6.46. The average Bonchev–Trinajstić information content (AvgIpc) is 2.94. The number of amides is 2. The van der Waals surface area contributed by atoms with Gasteiger partial charge in [-0.05, 0) is 66.3 Å². The molecular weight excluding hydrogens is 496 g/mol. The molecule has 1 aliphatic rings. The highest BCUT2D eigenvalue weighted by Crippen LogP contribution is 2.31. The summed E-state index contributed by atoms with van der Waals surface area (Å²) in [5.41, 5.74) is 3.11. The van der Waals surface area contributed by atoms with E-state index in [9.17, 15) is 14.4 Å². The summed E-state index contributed by atoms with van der Waals surface area (Å²) in [4.78, 5) is 38.9. The molecule has 8 nitrogen and oxygen atoms in total. The zero-order valence-corrected chi connectivity index (χ0v) is 22.7. The van der Waals surface area contributed by atoms with Crippen molar-refractivity contribution in [2.75, 3.05) is 20.3 Å². The fourth-order valence-corrected chi connectivity index (χ4v) is 4.52. The molecule has 0 aromatic heterocycles. The van der Waals surface area contributed by atoms with Crippen LogP contribution in [-0.4, -0.2) is 50.2 Å². The number of aryl methyl sites for hydroxylation is 1. The smallest absolute Gasteiger partial charge is 0.328 e. The van der Waals surface area contributed by atoms with Crippen LogP contribution in [0.2, 0.25) is 0 Å². The van der Waals surface area contributed by atoms with Gasteiger partial charge in [0.1, 0.15) is 18.8 Å². The third-order valence-corrected chi connectivity index (χ3v) is 6.52. The predicted octanol–water partition coefficient (Wildman–Crippen LogP) is 4.55. The summed E-state index contributed by atoms with van der Waals surface area (Å²) >= 11 is 0. The van der Waals surface area contributed by atoms with E-state index in [1.807, 2.05) is 69.3 Å². The number of fused-ring (bicyclic) bond motifs is 1. The van der Waals surface area contributed by atoms with Gasteiger partial charge in [0.05, 0.1) is 13.7 Å². The first kappa shape index (κ1) is 27.7. The summed E-state index contributed by atoms with van der Waals surface area (Å²) in [6, 6.07) is 19.2. The van der Waals surface area contributed by atoms with Crippen molar-refractivity contribution < 1.29 is 28.6 Å². The molecular formula is C31H34N2O6. The molecule has 0 saturated carbocycles. The van der Waals surface area contributed by atoms with Crippen LogP contribution in [0.4, 0.5) is 0 Å². The van der Waals surface area contributed by atoms with E-state index in [0.29, 0.717) is 41.2 Å². The van der Waals surface area contributed by atoms with Crippen LogP contribution in [-0.2, 0) is 9.53 Å². The molecule has 2 N–H and O–H groups in total. The standard InChI is InChI=1S/C31H34N2O6/c1-19(2)15-26(31(36)37-4)33-30(35)24-14-13-21(16-25(24)23-10-6-5-9-20(23)3)29(34)32-17-22-18-38-27-11-7-8-12-28(27)39-22/h5-14,16,19,22,26H,15,17-18H2,1-4H3,(H,32,34)(H,33,35)/t22-,26-/m0/s1. The monoisotopic (exact) mass is 530 g/mol.